The standard InChI is InChI=1S/C18H19NO4/c1-13-7-8-22-17(13)18(21)23-12-15-9-16(20)19(11-15)10-14-5-3-2-4-6-14/h2-8,15H,9-12H2,1H3. The third-order valence-electron chi connectivity index (χ3n) is 4.01. The van der Waals surface area contributed by atoms with Crippen LogP contribution in [0.25, 0.3) is 0 Å². The highest BCUT2D eigenvalue weighted by Gasteiger charge is 2.30. The van der Waals surface area contributed by atoms with Gasteiger partial charge < -0.3 is 14.1 Å². The van der Waals surface area contributed by atoms with Crippen LogP contribution in [0.15, 0.2) is 47.1 Å². The summed E-state index contributed by atoms with van der Waals surface area (Å²) in [4.78, 5) is 25.8. The van der Waals surface area contributed by atoms with Gasteiger partial charge in [-0.15, -0.1) is 0 Å². The molecule has 1 atom stereocenters. The predicted molar refractivity (Wildman–Crippen MR) is 83.7 cm³/mol. The van der Waals surface area contributed by atoms with E-state index >= 15 is 0 Å². The number of hydrogen-bond acceptors (Lipinski definition) is 4. The molecular formula is C18H19NO4. The van der Waals surface area contributed by atoms with Gasteiger partial charge in [-0.3, -0.25) is 4.79 Å². The van der Waals surface area contributed by atoms with Crippen LogP contribution >= 0.6 is 0 Å². The second kappa shape index (κ2) is 6.69. The molecule has 5 nitrogen and oxygen atoms in total. The van der Waals surface area contributed by atoms with Crippen molar-refractivity contribution in [3.63, 3.8) is 0 Å². The number of nitrogens with zero attached hydrogens (tertiary/aromatic N) is 1. The molecule has 1 aliphatic rings. The Morgan fingerprint density at radius 1 is 1.30 bits per heavy atom. The number of likely N-dealkylation sites (tertiary alicyclic amines) is 1. The second-order valence-corrected chi connectivity index (χ2v) is 5.86. The van der Waals surface area contributed by atoms with Crippen LogP contribution in [0.1, 0.15) is 28.1 Å². The summed E-state index contributed by atoms with van der Waals surface area (Å²) in [7, 11) is 0. The van der Waals surface area contributed by atoms with E-state index in [4.69, 9.17) is 9.15 Å². The highest BCUT2D eigenvalue weighted by molar-refractivity contribution is 5.87. The summed E-state index contributed by atoms with van der Waals surface area (Å²) in [5.74, 6) is -0.105. The monoisotopic (exact) mass is 313 g/mol. The molecule has 23 heavy (non-hydrogen) atoms. The Morgan fingerprint density at radius 2 is 2.09 bits per heavy atom. The van der Waals surface area contributed by atoms with Crippen molar-refractivity contribution >= 4 is 11.9 Å². The lowest BCUT2D eigenvalue weighted by atomic mass is 10.1. The minimum atomic E-state index is -0.471. The molecule has 0 spiro atoms. The Morgan fingerprint density at radius 3 is 2.78 bits per heavy atom. The van der Waals surface area contributed by atoms with E-state index in [1.54, 1.807) is 13.0 Å². The zero-order valence-corrected chi connectivity index (χ0v) is 13.0. The van der Waals surface area contributed by atoms with Crippen molar-refractivity contribution in [2.24, 2.45) is 5.92 Å². The number of esters is 1. The van der Waals surface area contributed by atoms with Crippen LogP contribution in [0.5, 0.6) is 0 Å². The number of benzene rings is 1. The number of ether oxygens (including phenoxy) is 1. The van der Waals surface area contributed by atoms with Crippen LogP contribution in [0.2, 0.25) is 0 Å². The van der Waals surface area contributed by atoms with Crippen molar-refractivity contribution < 1.29 is 18.7 Å². The Labute approximate surface area is 134 Å². The molecule has 2 heterocycles. The zero-order chi connectivity index (χ0) is 16.2. The van der Waals surface area contributed by atoms with E-state index in [1.165, 1.54) is 6.26 Å². The Hall–Kier alpha value is -2.56. The van der Waals surface area contributed by atoms with Gasteiger partial charge in [0.25, 0.3) is 0 Å². The van der Waals surface area contributed by atoms with Crippen LogP contribution in [-0.4, -0.2) is 29.9 Å². The maximum absolute atomic E-state index is 12.1. The van der Waals surface area contributed by atoms with Gasteiger partial charge in [-0.2, -0.15) is 0 Å². The fourth-order valence-corrected chi connectivity index (χ4v) is 2.76. The molecule has 0 saturated carbocycles. The van der Waals surface area contributed by atoms with Crippen LogP contribution in [-0.2, 0) is 16.1 Å². The van der Waals surface area contributed by atoms with E-state index in [2.05, 4.69) is 0 Å². The number of furan rings is 1. The average molecular weight is 313 g/mol. The molecule has 120 valence electrons. The lowest BCUT2D eigenvalue weighted by molar-refractivity contribution is -0.128. The molecule has 1 aromatic heterocycles. The van der Waals surface area contributed by atoms with Crippen molar-refractivity contribution in [1.82, 2.24) is 4.90 Å². The number of carbonyl (C=O) groups is 2. The summed E-state index contributed by atoms with van der Waals surface area (Å²) in [6.45, 7) is 3.23. The maximum atomic E-state index is 12.1. The molecule has 1 saturated heterocycles. The van der Waals surface area contributed by atoms with Gasteiger partial charge in [-0.1, -0.05) is 30.3 Å². The van der Waals surface area contributed by atoms with Gasteiger partial charge in [0.05, 0.1) is 12.9 Å². The van der Waals surface area contributed by atoms with E-state index in [0.717, 1.165) is 11.1 Å². The summed E-state index contributed by atoms with van der Waals surface area (Å²) in [6, 6.07) is 11.6. The maximum Gasteiger partial charge on any atom is 0.374 e. The van der Waals surface area contributed by atoms with Gasteiger partial charge in [0.1, 0.15) is 0 Å². The minimum Gasteiger partial charge on any atom is -0.459 e. The molecule has 5 heteroatoms. The molecule has 0 N–H and O–H groups in total. The topological polar surface area (TPSA) is 59.8 Å². The molecule has 0 radical (unpaired) electrons. The first-order chi connectivity index (χ1) is 11.1. The quantitative estimate of drug-likeness (QED) is 0.796. The van der Waals surface area contributed by atoms with Crippen molar-refractivity contribution in [1.29, 1.82) is 0 Å². The third-order valence-corrected chi connectivity index (χ3v) is 4.01. The molecular weight excluding hydrogens is 294 g/mol. The zero-order valence-electron chi connectivity index (χ0n) is 13.0. The lowest BCUT2D eigenvalue weighted by Gasteiger charge is -2.16. The highest BCUT2D eigenvalue weighted by Crippen LogP contribution is 2.21. The summed E-state index contributed by atoms with van der Waals surface area (Å²) in [5, 5.41) is 0. The number of aryl methyl sites for hydroxylation is 1. The number of rotatable bonds is 5. The summed E-state index contributed by atoms with van der Waals surface area (Å²) in [6.07, 6.45) is 1.88. The van der Waals surface area contributed by atoms with E-state index in [-0.39, 0.29) is 24.2 Å². The lowest BCUT2D eigenvalue weighted by Crippen LogP contribution is -2.25. The first-order valence-corrected chi connectivity index (χ1v) is 7.66. The highest BCUT2D eigenvalue weighted by atomic mass is 16.5. The summed E-state index contributed by atoms with van der Waals surface area (Å²) < 4.78 is 10.4. The predicted octanol–water partition coefficient (Wildman–Crippen LogP) is 2.79. The Balaban J connectivity index is 1.52. The smallest absolute Gasteiger partial charge is 0.374 e. The average Bonchev–Trinajstić information content (AvgIpc) is 3.12. The fourth-order valence-electron chi connectivity index (χ4n) is 2.76. The molecule has 1 amide bonds. The summed E-state index contributed by atoms with van der Waals surface area (Å²) in [5.41, 5.74) is 1.85. The van der Waals surface area contributed by atoms with Crippen LogP contribution in [0, 0.1) is 12.8 Å². The van der Waals surface area contributed by atoms with Crippen LogP contribution < -0.4 is 0 Å². The largest absolute Gasteiger partial charge is 0.459 e. The van der Waals surface area contributed by atoms with Gasteiger partial charge in [0.2, 0.25) is 11.7 Å². The molecule has 0 bridgehead atoms. The molecule has 1 fully saturated rings. The summed E-state index contributed by atoms with van der Waals surface area (Å²) >= 11 is 0. The van der Waals surface area contributed by atoms with E-state index in [9.17, 15) is 9.59 Å². The second-order valence-electron chi connectivity index (χ2n) is 5.86. The van der Waals surface area contributed by atoms with Crippen LogP contribution in [0.4, 0.5) is 0 Å². The normalized spacial score (nSPS) is 17.5. The third kappa shape index (κ3) is 3.62. The van der Waals surface area contributed by atoms with Crippen LogP contribution in [0.3, 0.4) is 0 Å². The molecule has 1 unspecified atom stereocenters. The molecule has 1 aliphatic heterocycles. The first kappa shape index (κ1) is 15.3. The molecule has 3 rings (SSSR count). The number of amides is 1. The van der Waals surface area contributed by atoms with Gasteiger partial charge >= 0.3 is 5.97 Å². The fraction of sp³-hybridized carbons (Fsp3) is 0.333. The molecule has 1 aromatic carbocycles. The first-order valence-electron chi connectivity index (χ1n) is 7.66. The van der Waals surface area contributed by atoms with Gasteiger partial charge in [-0.25, -0.2) is 4.79 Å². The van der Waals surface area contributed by atoms with Crippen molar-refractivity contribution in [3.8, 4) is 0 Å². The van der Waals surface area contributed by atoms with E-state index in [0.29, 0.717) is 19.5 Å². The molecule has 2 aromatic rings. The van der Waals surface area contributed by atoms with E-state index in [1.807, 2.05) is 35.2 Å². The van der Waals surface area contributed by atoms with Gasteiger partial charge in [0.15, 0.2) is 0 Å². The van der Waals surface area contributed by atoms with E-state index < -0.39 is 5.97 Å². The van der Waals surface area contributed by atoms with Crippen molar-refractivity contribution in [2.75, 3.05) is 13.2 Å². The van der Waals surface area contributed by atoms with Crippen molar-refractivity contribution in [3.05, 3.63) is 59.5 Å². The van der Waals surface area contributed by atoms with Gasteiger partial charge in [0, 0.05) is 31.0 Å². The number of carbonyl (C=O) groups excluding carboxylic acids is 2. The minimum absolute atomic E-state index is 0.0328. The Bertz CT molecular complexity index is 692. The van der Waals surface area contributed by atoms with Gasteiger partial charge in [-0.05, 0) is 18.6 Å². The SMILES string of the molecule is Cc1ccoc1C(=O)OCC1CC(=O)N(Cc2ccccc2)C1. The molecule has 0 aliphatic carbocycles. The Kier molecular flexibility index (Phi) is 4.46. The number of hydrogen-bond donors (Lipinski definition) is 0. The van der Waals surface area contributed by atoms with Crippen molar-refractivity contribution in [2.45, 2.75) is 19.9 Å².